The summed E-state index contributed by atoms with van der Waals surface area (Å²) in [5, 5.41) is 3.49. The standard InChI is InChI=1S/C14H18N2O2S/c1-9-5-6-10(2)13(7-9)8-19(17)11(3)14-15-12(4)16-18-14/h5-7,11H,8H2,1-4H3/t11-,19+/m1/s1. The Labute approximate surface area is 115 Å². The van der Waals surface area contributed by atoms with Crippen molar-refractivity contribution in [2.75, 3.05) is 0 Å². The highest BCUT2D eigenvalue weighted by molar-refractivity contribution is 7.84. The van der Waals surface area contributed by atoms with E-state index in [-0.39, 0.29) is 5.25 Å². The molecule has 0 saturated heterocycles. The van der Waals surface area contributed by atoms with Crippen LogP contribution in [0.5, 0.6) is 0 Å². The minimum atomic E-state index is -1.07. The number of rotatable bonds is 4. The van der Waals surface area contributed by atoms with Crippen LogP contribution in [0.3, 0.4) is 0 Å². The first kappa shape index (κ1) is 13.9. The van der Waals surface area contributed by atoms with E-state index in [1.807, 2.05) is 20.8 Å². The van der Waals surface area contributed by atoms with Crippen LogP contribution < -0.4 is 0 Å². The Kier molecular flexibility index (Phi) is 4.14. The van der Waals surface area contributed by atoms with Crippen LogP contribution in [-0.2, 0) is 16.6 Å². The lowest BCUT2D eigenvalue weighted by Crippen LogP contribution is -2.07. The van der Waals surface area contributed by atoms with Crippen molar-refractivity contribution in [3.8, 4) is 0 Å². The summed E-state index contributed by atoms with van der Waals surface area (Å²) in [6, 6.07) is 6.20. The van der Waals surface area contributed by atoms with Crippen LogP contribution in [0.2, 0.25) is 0 Å². The Bertz CT molecular complexity index is 607. The molecule has 1 aromatic heterocycles. The third kappa shape index (κ3) is 3.29. The summed E-state index contributed by atoms with van der Waals surface area (Å²) in [4.78, 5) is 4.14. The van der Waals surface area contributed by atoms with Gasteiger partial charge in [-0.1, -0.05) is 28.9 Å². The molecule has 0 unspecified atom stereocenters. The summed E-state index contributed by atoms with van der Waals surface area (Å²) in [6.45, 7) is 7.69. The second-order valence-electron chi connectivity index (χ2n) is 4.78. The van der Waals surface area contributed by atoms with Crippen molar-refractivity contribution in [1.82, 2.24) is 10.1 Å². The molecule has 2 aromatic rings. The Morgan fingerprint density at radius 1 is 1.32 bits per heavy atom. The summed E-state index contributed by atoms with van der Waals surface area (Å²) in [5.74, 6) is 1.53. The summed E-state index contributed by atoms with van der Waals surface area (Å²) in [5.41, 5.74) is 3.45. The van der Waals surface area contributed by atoms with Gasteiger partial charge in [0, 0.05) is 16.6 Å². The normalized spacial score (nSPS) is 14.3. The van der Waals surface area contributed by atoms with Gasteiger partial charge in [-0.3, -0.25) is 4.21 Å². The van der Waals surface area contributed by atoms with Gasteiger partial charge in [-0.15, -0.1) is 0 Å². The number of benzene rings is 1. The molecule has 0 spiro atoms. The van der Waals surface area contributed by atoms with E-state index in [0.29, 0.717) is 17.5 Å². The molecule has 19 heavy (non-hydrogen) atoms. The van der Waals surface area contributed by atoms with Gasteiger partial charge in [0.05, 0.1) is 0 Å². The van der Waals surface area contributed by atoms with Crippen molar-refractivity contribution in [1.29, 1.82) is 0 Å². The molecule has 0 radical (unpaired) electrons. The molecule has 0 N–H and O–H groups in total. The number of aromatic nitrogens is 2. The third-order valence-electron chi connectivity index (χ3n) is 3.09. The maximum atomic E-state index is 12.4. The van der Waals surface area contributed by atoms with E-state index in [1.54, 1.807) is 6.92 Å². The molecule has 0 fully saturated rings. The lowest BCUT2D eigenvalue weighted by Gasteiger charge is -2.10. The van der Waals surface area contributed by atoms with Crippen molar-refractivity contribution < 1.29 is 8.73 Å². The van der Waals surface area contributed by atoms with Gasteiger partial charge in [-0.2, -0.15) is 4.98 Å². The Balaban J connectivity index is 2.14. The molecular formula is C14H18N2O2S. The van der Waals surface area contributed by atoms with Crippen LogP contribution in [0.15, 0.2) is 22.7 Å². The minimum absolute atomic E-state index is 0.249. The number of aryl methyl sites for hydroxylation is 3. The van der Waals surface area contributed by atoms with Crippen LogP contribution in [0, 0.1) is 20.8 Å². The van der Waals surface area contributed by atoms with Crippen LogP contribution in [0.4, 0.5) is 0 Å². The molecule has 5 heteroatoms. The molecule has 0 aliphatic carbocycles. The molecule has 1 aromatic carbocycles. The minimum Gasteiger partial charge on any atom is -0.338 e. The van der Waals surface area contributed by atoms with Crippen molar-refractivity contribution in [3.05, 3.63) is 46.6 Å². The van der Waals surface area contributed by atoms with Crippen molar-refractivity contribution in [2.24, 2.45) is 0 Å². The molecular weight excluding hydrogens is 260 g/mol. The van der Waals surface area contributed by atoms with E-state index in [9.17, 15) is 4.21 Å². The predicted octanol–water partition coefficient (Wildman–Crippen LogP) is 3.00. The fourth-order valence-electron chi connectivity index (χ4n) is 1.82. The van der Waals surface area contributed by atoms with E-state index in [1.165, 1.54) is 5.56 Å². The zero-order valence-corrected chi connectivity index (χ0v) is 12.5. The first-order valence-corrected chi connectivity index (χ1v) is 7.59. The third-order valence-corrected chi connectivity index (χ3v) is 4.67. The van der Waals surface area contributed by atoms with Crippen molar-refractivity contribution in [2.45, 2.75) is 38.7 Å². The van der Waals surface area contributed by atoms with Crippen molar-refractivity contribution >= 4 is 10.8 Å². The van der Waals surface area contributed by atoms with Crippen LogP contribution in [0.1, 0.15) is 40.6 Å². The number of nitrogens with zero attached hydrogens (tertiary/aromatic N) is 2. The average molecular weight is 278 g/mol. The number of hydrogen-bond acceptors (Lipinski definition) is 4. The van der Waals surface area contributed by atoms with Crippen LogP contribution in [-0.4, -0.2) is 14.3 Å². The van der Waals surface area contributed by atoms with E-state index in [0.717, 1.165) is 11.1 Å². The van der Waals surface area contributed by atoms with Gasteiger partial charge in [-0.25, -0.2) is 0 Å². The first-order chi connectivity index (χ1) is 8.97. The summed E-state index contributed by atoms with van der Waals surface area (Å²) < 4.78 is 17.5. The highest BCUT2D eigenvalue weighted by Crippen LogP contribution is 2.22. The quantitative estimate of drug-likeness (QED) is 0.862. The van der Waals surface area contributed by atoms with Crippen LogP contribution in [0.25, 0.3) is 0 Å². The molecule has 0 aliphatic rings. The second-order valence-corrected chi connectivity index (χ2v) is 6.53. The molecule has 0 aliphatic heterocycles. The maximum Gasteiger partial charge on any atom is 0.242 e. The molecule has 2 rings (SSSR count). The maximum absolute atomic E-state index is 12.4. The van der Waals surface area contributed by atoms with Gasteiger partial charge in [-0.05, 0) is 38.8 Å². The molecule has 2 atom stereocenters. The molecule has 102 valence electrons. The van der Waals surface area contributed by atoms with Gasteiger partial charge >= 0.3 is 0 Å². The molecule has 4 nitrogen and oxygen atoms in total. The zero-order chi connectivity index (χ0) is 14.0. The molecule has 0 saturated carbocycles. The Hall–Kier alpha value is -1.49. The average Bonchev–Trinajstić information content (AvgIpc) is 2.79. The SMILES string of the molecule is Cc1ccc(C)c(C[S@](=O)[C@H](C)c2nc(C)no2)c1. The highest BCUT2D eigenvalue weighted by Gasteiger charge is 2.20. The Morgan fingerprint density at radius 3 is 2.68 bits per heavy atom. The first-order valence-electron chi connectivity index (χ1n) is 6.21. The second kappa shape index (κ2) is 5.65. The molecule has 0 bridgehead atoms. The molecule has 0 amide bonds. The van der Waals surface area contributed by atoms with Gasteiger partial charge in [0.1, 0.15) is 5.25 Å². The monoisotopic (exact) mass is 278 g/mol. The van der Waals surface area contributed by atoms with E-state index in [2.05, 4.69) is 28.3 Å². The summed E-state index contributed by atoms with van der Waals surface area (Å²) in [7, 11) is -1.07. The predicted molar refractivity (Wildman–Crippen MR) is 75.2 cm³/mol. The summed E-state index contributed by atoms with van der Waals surface area (Å²) >= 11 is 0. The van der Waals surface area contributed by atoms with E-state index < -0.39 is 10.8 Å². The highest BCUT2D eigenvalue weighted by atomic mass is 32.2. The van der Waals surface area contributed by atoms with E-state index in [4.69, 9.17) is 4.52 Å². The largest absolute Gasteiger partial charge is 0.338 e. The van der Waals surface area contributed by atoms with Gasteiger partial charge in [0.25, 0.3) is 0 Å². The van der Waals surface area contributed by atoms with Crippen LogP contribution >= 0.6 is 0 Å². The van der Waals surface area contributed by atoms with Gasteiger partial charge in [0.15, 0.2) is 5.82 Å². The topological polar surface area (TPSA) is 56.0 Å². The van der Waals surface area contributed by atoms with E-state index >= 15 is 0 Å². The Morgan fingerprint density at radius 2 is 2.05 bits per heavy atom. The van der Waals surface area contributed by atoms with Gasteiger partial charge < -0.3 is 4.52 Å². The summed E-state index contributed by atoms with van der Waals surface area (Å²) in [6.07, 6.45) is 0. The molecule has 1 heterocycles. The lowest BCUT2D eigenvalue weighted by atomic mass is 10.1. The smallest absolute Gasteiger partial charge is 0.242 e. The lowest BCUT2D eigenvalue weighted by molar-refractivity contribution is 0.375. The van der Waals surface area contributed by atoms with Gasteiger partial charge in [0.2, 0.25) is 5.89 Å². The van der Waals surface area contributed by atoms with Crippen molar-refractivity contribution in [3.63, 3.8) is 0 Å². The number of hydrogen-bond donors (Lipinski definition) is 0. The fourth-order valence-corrected chi connectivity index (χ4v) is 3.01. The fraction of sp³-hybridized carbons (Fsp3) is 0.429. The zero-order valence-electron chi connectivity index (χ0n) is 11.6.